The standard InChI is InChI=1S/C2H4F2.C2H4.FH/c3-1-2-4;1-2;/h1-2H2;1-2H2;1H. The molecule has 0 aliphatic carbocycles. The molecule has 0 bridgehead atoms. The minimum absolute atomic E-state index is 0. The first kappa shape index (κ1) is 16.0. The van der Waals surface area contributed by atoms with Crippen molar-refractivity contribution >= 4 is 0 Å². The lowest BCUT2D eigenvalue weighted by Gasteiger charge is -1.61. The number of hydrogen-bond acceptors (Lipinski definition) is 0. The summed E-state index contributed by atoms with van der Waals surface area (Å²) >= 11 is 0. The van der Waals surface area contributed by atoms with Gasteiger partial charge in [-0.15, -0.1) is 13.2 Å². The Bertz CT molecular complexity index is 14.4. The summed E-state index contributed by atoms with van der Waals surface area (Å²) in [7, 11) is 0. The molecule has 0 nitrogen and oxygen atoms in total. The van der Waals surface area contributed by atoms with E-state index in [1.165, 1.54) is 0 Å². The van der Waals surface area contributed by atoms with Gasteiger partial charge in [-0.05, 0) is 0 Å². The molecule has 0 atom stereocenters. The maximum atomic E-state index is 10.3. The van der Waals surface area contributed by atoms with Crippen LogP contribution in [0.4, 0.5) is 13.5 Å². The molecule has 0 unspecified atom stereocenters. The Morgan fingerprint density at radius 1 is 1.00 bits per heavy atom. The third kappa shape index (κ3) is 245. The molecule has 0 heterocycles. The second kappa shape index (κ2) is 48.5. The minimum atomic E-state index is -0.847. The molecule has 46 valence electrons. The third-order valence-corrected chi connectivity index (χ3v) is 0.0714. The molecular weight excluding hydrogens is 105 g/mol. The fraction of sp³-hybridized carbons (Fsp3) is 0.500. The van der Waals surface area contributed by atoms with Crippen LogP contribution in [0.5, 0.6) is 0 Å². The lowest BCUT2D eigenvalue weighted by molar-refractivity contribution is 0.380. The van der Waals surface area contributed by atoms with Gasteiger partial charge in [0.05, 0.1) is 0 Å². The summed E-state index contributed by atoms with van der Waals surface area (Å²) in [6, 6.07) is 0. The van der Waals surface area contributed by atoms with E-state index in [1.54, 1.807) is 0 Å². The van der Waals surface area contributed by atoms with Gasteiger partial charge in [0.25, 0.3) is 0 Å². The van der Waals surface area contributed by atoms with Crippen LogP contribution in [-0.4, -0.2) is 13.3 Å². The average molecular weight is 114 g/mol. The van der Waals surface area contributed by atoms with E-state index in [2.05, 4.69) is 13.2 Å². The van der Waals surface area contributed by atoms with Crippen LogP contribution in [-0.2, 0) is 0 Å². The van der Waals surface area contributed by atoms with Crippen LogP contribution in [0.2, 0.25) is 0 Å². The van der Waals surface area contributed by atoms with Crippen LogP contribution < -0.4 is 0 Å². The largest absolute Gasteiger partial charge is 0.269 e. The van der Waals surface area contributed by atoms with Gasteiger partial charge in [0.1, 0.15) is 13.3 Å². The summed E-state index contributed by atoms with van der Waals surface area (Å²) in [6.45, 7) is 4.31. The Hall–Kier alpha value is -0.470. The summed E-state index contributed by atoms with van der Waals surface area (Å²) in [5.74, 6) is 0. The number of halogens is 3. The van der Waals surface area contributed by atoms with Gasteiger partial charge in [-0.2, -0.15) is 0 Å². The molecule has 0 aromatic heterocycles. The van der Waals surface area contributed by atoms with Crippen LogP contribution in [0.3, 0.4) is 0 Å². The highest BCUT2D eigenvalue weighted by molar-refractivity contribution is 4.22. The van der Waals surface area contributed by atoms with E-state index in [0.717, 1.165) is 0 Å². The number of alkyl halides is 2. The second-order valence-corrected chi connectivity index (χ2v) is 0.378. The first-order valence-corrected chi connectivity index (χ1v) is 1.53. The van der Waals surface area contributed by atoms with E-state index < -0.39 is 13.3 Å². The third-order valence-electron chi connectivity index (χ3n) is 0.0714. The molecule has 3 heteroatoms. The van der Waals surface area contributed by atoms with Crippen molar-refractivity contribution in [1.82, 2.24) is 0 Å². The van der Waals surface area contributed by atoms with Gasteiger partial charge in [-0.3, -0.25) is 4.70 Å². The van der Waals surface area contributed by atoms with Crippen molar-refractivity contribution in [3.05, 3.63) is 13.2 Å². The topological polar surface area (TPSA) is 0 Å². The van der Waals surface area contributed by atoms with Crippen molar-refractivity contribution in [3.63, 3.8) is 0 Å². The monoisotopic (exact) mass is 114 g/mol. The van der Waals surface area contributed by atoms with Crippen molar-refractivity contribution in [3.8, 4) is 0 Å². The van der Waals surface area contributed by atoms with Gasteiger partial charge in [0.2, 0.25) is 0 Å². The minimum Gasteiger partial charge on any atom is -0.269 e. The van der Waals surface area contributed by atoms with Crippen molar-refractivity contribution in [2.24, 2.45) is 0 Å². The summed E-state index contributed by atoms with van der Waals surface area (Å²) in [4.78, 5) is 0. The first-order chi connectivity index (χ1) is 2.91. The molecule has 0 saturated carbocycles. The molecule has 0 saturated heterocycles. The fourth-order valence-electron chi connectivity index (χ4n) is 0. The van der Waals surface area contributed by atoms with E-state index >= 15 is 0 Å². The average Bonchev–Trinajstić information content (AvgIpc) is 1.72. The Morgan fingerprint density at radius 2 is 1.14 bits per heavy atom. The molecule has 0 aromatic carbocycles. The smallest absolute Gasteiger partial charge is 0.118 e. The Labute approximate surface area is 41.2 Å². The van der Waals surface area contributed by atoms with E-state index in [9.17, 15) is 8.78 Å². The summed E-state index contributed by atoms with van der Waals surface area (Å²) < 4.78 is 20.7. The molecule has 0 aliphatic heterocycles. The zero-order valence-electron chi connectivity index (χ0n) is 3.99. The van der Waals surface area contributed by atoms with Gasteiger partial charge in [-0.25, -0.2) is 8.78 Å². The molecule has 0 N–H and O–H groups in total. The number of hydrogen-bond donors (Lipinski definition) is 0. The SMILES string of the molecule is C=C.F.FCCF. The van der Waals surface area contributed by atoms with Crippen molar-refractivity contribution < 1.29 is 13.5 Å². The lowest BCUT2D eigenvalue weighted by atomic mass is 10.9. The van der Waals surface area contributed by atoms with Crippen LogP contribution in [0.15, 0.2) is 13.2 Å². The highest BCUT2D eigenvalue weighted by Gasteiger charge is 1.65. The van der Waals surface area contributed by atoms with Crippen LogP contribution in [0, 0.1) is 0 Å². The molecule has 7 heavy (non-hydrogen) atoms. The van der Waals surface area contributed by atoms with E-state index in [4.69, 9.17) is 0 Å². The molecule has 0 radical (unpaired) electrons. The molecule has 0 aromatic rings. The first-order valence-electron chi connectivity index (χ1n) is 1.53. The molecule has 0 fully saturated rings. The number of rotatable bonds is 1. The van der Waals surface area contributed by atoms with Crippen molar-refractivity contribution in [2.45, 2.75) is 0 Å². The molecule has 0 amide bonds. The van der Waals surface area contributed by atoms with Gasteiger partial charge in [0.15, 0.2) is 0 Å². The maximum absolute atomic E-state index is 10.3. The lowest BCUT2D eigenvalue weighted by Crippen LogP contribution is -1.68. The quantitative estimate of drug-likeness (QED) is 0.456. The Balaban J connectivity index is -0.0000000480. The molecule has 0 spiro atoms. The predicted molar refractivity (Wildman–Crippen MR) is 25.7 cm³/mol. The fourth-order valence-corrected chi connectivity index (χ4v) is 0. The summed E-state index contributed by atoms with van der Waals surface area (Å²) in [5.41, 5.74) is 0. The van der Waals surface area contributed by atoms with Gasteiger partial charge < -0.3 is 0 Å². The normalized spacial score (nSPS) is 4.86. The highest BCUT2D eigenvalue weighted by atomic mass is 19.2. The summed E-state index contributed by atoms with van der Waals surface area (Å²) in [5, 5.41) is 0. The Morgan fingerprint density at radius 3 is 1.14 bits per heavy atom. The maximum Gasteiger partial charge on any atom is 0.118 e. The molecular formula is C4H9F3. The molecule has 0 aliphatic rings. The van der Waals surface area contributed by atoms with Gasteiger partial charge >= 0.3 is 0 Å². The highest BCUT2D eigenvalue weighted by Crippen LogP contribution is 1.63. The van der Waals surface area contributed by atoms with E-state index in [0.29, 0.717) is 0 Å². The van der Waals surface area contributed by atoms with E-state index in [1.807, 2.05) is 0 Å². The Kier molecular flexibility index (Phi) is 111. The van der Waals surface area contributed by atoms with Crippen molar-refractivity contribution in [1.29, 1.82) is 0 Å². The van der Waals surface area contributed by atoms with Crippen molar-refractivity contribution in [2.75, 3.05) is 13.3 Å². The van der Waals surface area contributed by atoms with Crippen LogP contribution >= 0.6 is 0 Å². The molecule has 0 rings (SSSR count). The van der Waals surface area contributed by atoms with Crippen LogP contribution in [0.1, 0.15) is 0 Å². The van der Waals surface area contributed by atoms with E-state index in [-0.39, 0.29) is 4.70 Å². The summed E-state index contributed by atoms with van der Waals surface area (Å²) in [6.07, 6.45) is 0. The predicted octanol–water partition coefficient (Wildman–Crippen LogP) is 1.88. The van der Waals surface area contributed by atoms with Gasteiger partial charge in [0, 0.05) is 0 Å². The van der Waals surface area contributed by atoms with Crippen LogP contribution in [0.25, 0.3) is 0 Å². The second-order valence-electron chi connectivity index (χ2n) is 0.378. The zero-order valence-corrected chi connectivity index (χ0v) is 3.99. The zero-order chi connectivity index (χ0) is 5.41. The van der Waals surface area contributed by atoms with Gasteiger partial charge in [-0.1, -0.05) is 0 Å².